The molecule has 2 rings (SSSR count). The molecule has 0 aromatic rings. The van der Waals surface area contributed by atoms with E-state index in [1.165, 1.54) is 0 Å². The molecule has 14 heavy (non-hydrogen) atoms. The molecule has 3 heteroatoms. The van der Waals surface area contributed by atoms with Gasteiger partial charge in [0.25, 0.3) is 0 Å². The van der Waals surface area contributed by atoms with Crippen LogP contribution in [0.2, 0.25) is 0 Å². The molecule has 2 heterocycles. The first-order valence-corrected chi connectivity index (χ1v) is 5.12. The fraction of sp³-hybridized carbons (Fsp3) is 0.909. The summed E-state index contributed by atoms with van der Waals surface area (Å²) in [6.45, 7) is 12.5. The Balaban J connectivity index is 2.32. The Bertz CT molecular complexity index is 305. The molecule has 3 atom stereocenters. The van der Waals surface area contributed by atoms with E-state index in [1.54, 1.807) is 0 Å². The van der Waals surface area contributed by atoms with E-state index in [-0.39, 0.29) is 17.1 Å². The third-order valence-corrected chi connectivity index (χ3v) is 3.29. The number of rotatable bonds is 0. The van der Waals surface area contributed by atoms with Crippen LogP contribution < -0.4 is 0 Å². The van der Waals surface area contributed by atoms with E-state index >= 15 is 0 Å². The van der Waals surface area contributed by atoms with Crippen molar-refractivity contribution in [3.63, 3.8) is 0 Å². The number of ether oxygens (including phenoxy) is 2. The van der Waals surface area contributed by atoms with Crippen LogP contribution in [-0.2, 0) is 9.47 Å². The monoisotopic (exact) mass is 197 g/mol. The summed E-state index contributed by atoms with van der Waals surface area (Å²) >= 11 is 0. The number of hydrogen-bond donors (Lipinski definition) is 0. The molecule has 0 spiro atoms. The van der Waals surface area contributed by atoms with Crippen molar-refractivity contribution in [3.8, 4) is 0 Å². The maximum atomic E-state index is 5.85. The summed E-state index contributed by atoms with van der Waals surface area (Å²) in [6.07, 6.45) is 0.137. The lowest BCUT2D eigenvalue weighted by Gasteiger charge is -2.57. The van der Waals surface area contributed by atoms with Crippen molar-refractivity contribution in [3.05, 3.63) is 0 Å². The average molecular weight is 197 g/mol. The molecule has 0 amide bonds. The zero-order chi connectivity index (χ0) is 10.8. The van der Waals surface area contributed by atoms with Gasteiger partial charge in [-0.05, 0) is 12.3 Å². The topological polar surface area (TPSA) is 30.8 Å². The van der Waals surface area contributed by atoms with Gasteiger partial charge in [-0.1, -0.05) is 20.8 Å². The first-order chi connectivity index (χ1) is 6.19. The van der Waals surface area contributed by atoms with E-state index in [4.69, 9.17) is 9.47 Å². The van der Waals surface area contributed by atoms with Crippen molar-refractivity contribution in [2.24, 2.45) is 10.4 Å². The quantitative estimate of drug-likeness (QED) is 0.597. The van der Waals surface area contributed by atoms with Crippen LogP contribution in [-0.4, -0.2) is 23.3 Å². The predicted octanol–water partition coefficient (Wildman–Crippen LogP) is 2.35. The highest BCUT2D eigenvalue weighted by atomic mass is 16.7. The van der Waals surface area contributed by atoms with Crippen LogP contribution in [0.5, 0.6) is 0 Å². The summed E-state index contributed by atoms with van der Waals surface area (Å²) < 4.78 is 11.5. The van der Waals surface area contributed by atoms with Gasteiger partial charge in [0.15, 0.2) is 11.4 Å². The Morgan fingerprint density at radius 2 is 1.86 bits per heavy atom. The first-order valence-electron chi connectivity index (χ1n) is 5.12. The summed E-state index contributed by atoms with van der Waals surface area (Å²) in [5, 5.41) is 0. The second-order valence-electron chi connectivity index (χ2n) is 5.69. The highest BCUT2D eigenvalue weighted by Gasteiger charge is 2.70. The second kappa shape index (κ2) is 2.32. The van der Waals surface area contributed by atoms with Gasteiger partial charge >= 0.3 is 0 Å². The van der Waals surface area contributed by atoms with Crippen LogP contribution >= 0.6 is 0 Å². The molecular weight excluding hydrogens is 178 g/mol. The molecule has 0 unspecified atom stereocenters. The van der Waals surface area contributed by atoms with Gasteiger partial charge in [0.1, 0.15) is 0 Å². The van der Waals surface area contributed by atoms with Crippen molar-refractivity contribution >= 4 is 5.90 Å². The molecule has 0 aromatic carbocycles. The SMILES string of the molecule is CC1=N[C@]2(C)[C@H](C(C)(C)C)O[C@]2(C)O1. The predicted molar refractivity (Wildman–Crippen MR) is 55.3 cm³/mol. The summed E-state index contributed by atoms with van der Waals surface area (Å²) in [6, 6.07) is 0. The van der Waals surface area contributed by atoms with Gasteiger partial charge in [0.05, 0.1) is 6.10 Å². The fourth-order valence-electron chi connectivity index (χ4n) is 2.58. The van der Waals surface area contributed by atoms with Gasteiger partial charge in [-0.3, -0.25) is 0 Å². The maximum absolute atomic E-state index is 5.85. The van der Waals surface area contributed by atoms with Crippen LogP contribution in [0.3, 0.4) is 0 Å². The average Bonchev–Trinajstić information content (AvgIpc) is 2.10. The van der Waals surface area contributed by atoms with Crippen molar-refractivity contribution in [2.45, 2.75) is 59.0 Å². The molecule has 0 aliphatic carbocycles. The summed E-state index contributed by atoms with van der Waals surface area (Å²) in [4.78, 5) is 4.58. The van der Waals surface area contributed by atoms with E-state index in [9.17, 15) is 0 Å². The molecule has 2 aliphatic rings. The summed E-state index contributed by atoms with van der Waals surface area (Å²) in [5.41, 5.74) is -0.110. The standard InChI is InChI=1S/C11H19NO2/c1-7-12-10(5)8(9(2,3)4)14-11(10,6)13-7/h8H,1-6H3/t8-,10+,11-/m0/s1. The molecule has 80 valence electrons. The molecule has 0 radical (unpaired) electrons. The first kappa shape index (κ1) is 9.97. The lowest BCUT2D eigenvalue weighted by atomic mass is 9.69. The van der Waals surface area contributed by atoms with Crippen molar-refractivity contribution in [1.82, 2.24) is 0 Å². The zero-order valence-electron chi connectivity index (χ0n) is 9.84. The molecule has 2 aliphatic heterocycles. The molecule has 0 bridgehead atoms. The van der Waals surface area contributed by atoms with Crippen LogP contribution in [0.25, 0.3) is 0 Å². The minimum absolute atomic E-state index is 0.103. The van der Waals surface area contributed by atoms with E-state index in [1.807, 2.05) is 13.8 Å². The maximum Gasteiger partial charge on any atom is 0.237 e. The van der Waals surface area contributed by atoms with Crippen LogP contribution in [0.1, 0.15) is 41.5 Å². The van der Waals surface area contributed by atoms with Gasteiger partial charge < -0.3 is 9.47 Å². The molecule has 1 saturated heterocycles. The molecule has 0 aromatic heterocycles. The lowest BCUT2D eigenvalue weighted by Crippen LogP contribution is -2.72. The molecule has 0 N–H and O–H groups in total. The lowest BCUT2D eigenvalue weighted by molar-refractivity contribution is -0.359. The Morgan fingerprint density at radius 3 is 2.29 bits per heavy atom. The van der Waals surface area contributed by atoms with Crippen LogP contribution in [0.4, 0.5) is 0 Å². The van der Waals surface area contributed by atoms with Gasteiger partial charge in [-0.25, -0.2) is 4.99 Å². The Kier molecular flexibility index (Phi) is 1.65. The fourth-order valence-corrected chi connectivity index (χ4v) is 2.58. The number of nitrogens with zero attached hydrogens (tertiary/aromatic N) is 1. The molecule has 0 saturated carbocycles. The van der Waals surface area contributed by atoms with E-state index < -0.39 is 5.79 Å². The van der Waals surface area contributed by atoms with Crippen molar-refractivity contribution < 1.29 is 9.47 Å². The van der Waals surface area contributed by atoms with E-state index in [2.05, 4.69) is 32.7 Å². The molecule has 1 fully saturated rings. The number of hydrogen-bond acceptors (Lipinski definition) is 3. The van der Waals surface area contributed by atoms with Gasteiger partial charge in [-0.2, -0.15) is 0 Å². The highest BCUT2D eigenvalue weighted by Crippen LogP contribution is 2.55. The molecule has 3 nitrogen and oxygen atoms in total. The number of fused-ring (bicyclic) bond motifs is 1. The van der Waals surface area contributed by atoms with Crippen molar-refractivity contribution in [2.75, 3.05) is 0 Å². The minimum atomic E-state index is -0.533. The zero-order valence-corrected chi connectivity index (χ0v) is 9.84. The third-order valence-electron chi connectivity index (χ3n) is 3.29. The smallest absolute Gasteiger partial charge is 0.237 e. The summed E-state index contributed by atoms with van der Waals surface area (Å²) in [5.74, 6) is 0.205. The van der Waals surface area contributed by atoms with Crippen LogP contribution in [0.15, 0.2) is 4.99 Å². The van der Waals surface area contributed by atoms with Crippen molar-refractivity contribution in [1.29, 1.82) is 0 Å². The van der Waals surface area contributed by atoms with Crippen LogP contribution in [0, 0.1) is 5.41 Å². The van der Waals surface area contributed by atoms with Gasteiger partial charge in [0, 0.05) is 13.8 Å². The van der Waals surface area contributed by atoms with E-state index in [0.717, 1.165) is 5.90 Å². The Labute approximate surface area is 85.5 Å². The van der Waals surface area contributed by atoms with Gasteiger partial charge in [-0.15, -0.1) is 0 Å². The second-order valence-corrected chi connectivity index (χ2v) is 5.69. The highest BCUT2D eigenvalue weighted by molar-refractivity contribution is 5.77. The largest absolute Gasteiger partial charge is 0.447 e. The van der Waals surface area contributed by atoms with Gasteiger partial charge in [0.2, 0.25) is 5.79 Å². The Hall–Kier alpha value is -0.570. The number of aliphatic imine (C=N–C) groups is 1. The summed E-state index contributed by atoms with van der Waals surface area (Å²) in [7, 11) is 0. The molecular formula is C11H19NO2. The normalized spacial score (nSPS) is 46.4. The minimum Gasteiger partial charge on any atom is -0.447 e. The Morgan fingerprint density at radius 1 is 1.29 bits per heavy atom. The van der Waals surface area contributed by atoms with E-state index in [0.29, 0.717) is 0 Å². The third kappa shape index (κ3) is 0.991.